The van der Waals surface area contributed by atoms with E-state index in [0.29, 0.717) is 23.9 Å². The molecule has 1 aliphatic rings. The second kappa shape index (κ2) is 9.20. The highest BCUT2D eigenvalue weighted by atomic mass is 16.5. The van der Waals surface area contributed by atoms with Crippen LogP contribution in [0.25, 0.3) is 0 Å². The van der Waals surface area contributed by atoms with Crippen LogP contribution in [0.15, 0.2) is 48.5 Å². The molecule has 0 fully saturated rings. The van der Waals surface area contributed by atoms with E-state index in [-0.39, 0.29) is 12.5 Å². The Morgan fingerprint density at radius 1 is 1.22 bits per heavy atom. The van der Waals surface area contributed by atoms with Crippen molar-refractivity contribution in [2.45, 2.75) is 32.4 Å². The van der Waals surface area contributed by atoms with Gasteiger partial charge in [0.2, 0.25) is 0 Å². The summed E-state index contributed by atoms with van der Waals surface area (Å²) >= 11 is 0. The van der Waals surface area contributed by atoms with Gasteiger partial charge in [0.05, 0.1) is 11.6 Å². The molecule has 0 saturated carbocycles. The normalized spacial score (nSPS) is 14.7. The van der Waals surface area contributed by atoms with Crippen LogP contribution in [0, 0.1) is 11.3 Å². The first-order valence-corrected chi connectivity index (χ1v) is 9.40. The quantitative estimate of drug-likeness (QED) is 0.821. The molecule has 0 spiro atoms. The van der Waals surface area contributed by atoms with Crippen molar-refractivity contribution in [3.05, 3.63) is 65.2 Å². The van der Waals surface area contributed by atoms with Gasteiger partial charge in [0.15, 0.2) is 6.61 Å². The van der Waals surface area contributed by atoms with Crippen LogP contribution in [0.3, 0.4) is 0 Å². The predicted octanol–water partition coefficient (Wildman–Crippen LogP) is 2.89. The van der Waals surface area contributed by atoms with Gasteiger partial charge in [0.25, 0.3) is 5.91 Å². The Hall–Kier alpha value is -2.84. The molecule has 1 heterocycles. The molecule has 2 aromatic rings. The Labute approximate surface area is 160 Å². The van der Waals surface area contributed by atoms with Gasteiger partial charge in [0, 0.05) is 25.7 Å². The highest BCUT2D eigenvalue weighted by Crippen LogP contribution is 2.21. The molecule has 140 valence electrons. The number of fused-ring (bicyclic) bond motifs is 1. The first-order chi connectivity index (χ1) is 13.2. The van der Waals surface area contributed by atoms with E-state index in [0.717, 1.165) is 25.9 Å². The predicted molar refractivity (Wildman–Crippen MR) is 104 cm³/mol. The van der Waals surface area contributed by atoms with E-state index in [1.807, 2.05) is 0 Å². The largest absolute Gasteiger partial charge is 0.484 e. The van der Waals surface area contributed by atoms with Gasteiger partial charge in [-0.1, -0.05) is 31.2 Å². The van der Waals surface area contributed by atoms with Gasteiger partial charge in [-0.3, -0.25) is 9.69 Å². The Kier molecular flexibility index (Phi) is 6.45. The second-order valence-corrected chi connectivity index (χ2v) is 6.78. The molecule has 0 unspecified atom stereocenters. The van der Waals surface area contributed by atoms with Gasteiger partial charge in [-0.25, -0.2) is 0 Å². The molecular formula is C22H25N3O2. The lowest BCUT2D eigenvalue weighted by molar-refractivity contribution is -0.123. The lowest BCUT2D eigenvalue weighted by Crippen LogP contribution is -2.46. The fourth-order valence-electron chi connectivity index (χ4n) is 3.42. The van der Waals surface area contributed by atoms with Crippen molar-refractivity contribution >= 4 is 5.91 Å². The van der Waals surface area contributed by atoms with E-state index in [2.05, 4.69) is 47.5 Å². The van der Waals surface area contributed by atoms with Crippen molar-refractivity contribution in [3.63, 3.8) is 0 Å². The number of nitriles is 1. The standard InChI is InChI=1S/C22H25N3O2/c1-2-20(25-12-11-18-5-3-4-6-19(18)15-25)14-24-22(26)16-27-21-9-7-17(13-23)8-10-21/h3-10,20H,2,11-12,14-16H2,1H3,(H,24,26)/t20-/m1/s1. The molecule has 0 aromatic heterocycles. The molecule has 0 saturated heterocycles. The van der Waals surface area contributed by atoms with Crippen LogP contribution < -0.4 is 10.1 Å². The third kappa shape index (κ3) is 5.08. The van der Waals surface area contributed by atoms with Crippen LogP contribution in [-0.4, -0.2) is 36.5 Å². The SMILES string of the molecule is CC[C@H](CNC(=O)COc1ccc(C#N)cc1)N1CCc2ccccc2C1. The van der Waals surface area contributed by atoms with Gasteiger partial charge in [0.1, 0.15) is 5.75 Å². The van der Waals surface area contributed by atoms with Crippen molar-refractivity contribution in [2.75, 3.05) is 19.7 Å². The molecule has 5 nitrogen and oxygen atoms in total. The number of hydrogen-bond acceptors (Lipinski definition) is 4. The molecule has 0 radical (unpaired) electrons. The summed E-state index contributed by atoms with van der Waals surface area (Å²) in [6.07, 6.45) is 2.04. The summed E-state index contributed by atoms with van der Waals surface area (Å²) in [5, 5.41) is 11.8. The Balaban J connectivity index is 1.46. The summed E-state index contributed by atoms with van der Waals surface area (Å²) in [5.41, 5.74) is 3.39. The second-order valence-electron chi connectivity index (χ2n) is 6.78. The van der Waals surface area contributed by atoms with Crippen molar-refractivity contribution in [2.24, 2.45) is 0 Å². The zero-order valence-corrected chi connectivity index (χ0v) is 15.6. The molecule has 5 heteroatoms. The molecule has 1 N–H and O–H groups in total. The van der Waals surface area contributed by atoms with Crippen LogP contribution in [0.5, 0.6) is 5.75 Å². The van der Waals surface area contributed by atoms with Crippen LogP contribution in [0.2, 0.25) is 0 Å². The van der Waals surface area contributed by atoms with Gasteiger partial charge >= 0.3 is 0 Å². The monoisotopic (exact) mass is 363 g/mol. The van der Waals surface area contributed by atoms with Gasteiger partial charge in [-0.05, 0) is 48.2 Å². The summed E-state index contributed by atoms with van der Waals surface area (Å²) in [5.74, 6) is 0.457. The van der Waals surface area contributed by atoms with E-state index in [1.54, 1.807) is 24.3 Å². The van der Waals surface area contributed by atoms with Gasteiger partial charge < -0.3 is 10.1 Å². The van der Waals surface area contributed by atoms with Crippen molar-refractivity contribution < 1.29 is 9.53 Å². The zero-order chi connectivity index (χ0) is 19.1. The number of amides is 1. The molecule has 1 amide bonds. The van der Waals surface area contributed by atoms with E-state index in [1.165, 1.54) is 11.1 Å². The fraction of sp³-hybridized carbons (Fsp3) is 0.364. The molecule has 3 rings (SSSR count). The molecule has 27 heavy (non-hydrogen) atoms. The highest BCUT2D eigenvalue weighted by Gasteiger charge is 2.22. The molecule has 1 atom stereocenters. The molecular weight excluding hydrogens is 338 g/mol. The van der Waals surface area contributed by atoms with E-state index < -0.39 is 0 Å². The minimum absolute atomic E-state index is 0.0227. The van der Waals surface area contributed by atoms with Crippen molar-refractivity contribution in [3.8, 4) is 11.8 Å². The summed E-state index contributed by atoms with van der Waals surface area (Å²) in [6.45, 7) is 4.71. The number of rotatable bonds is 7. The van der Waals surface area contributed by atoms with Crippen LogP contribution in [0.1, 0.15) is 30.0 Å². The topological polar surface area (TPSA) is 65.4 Å². The molecule has 0 aliphatic carbocycles. The lowest BCUT2D eigenvalue weighted by Gasteiger charge is -2.35. The summed E-state index contributed by atoms with van der Waals surface area (Å²) < 4.78 is 5.49. The van der Waals surface area contributed by atoms with Crippen molar-refractivity contribution in [1.82, 2.24) is 10.2 Å². The molecule has 0 bridgehead atoms. The lowest BCUT2D eigenvalue weighted by atomic mass is 9.98. The third-order valence-electron chi connectivity index (χ3n) is 5.04. The number of benzene rings is 2. The molecule has 2 aromatic carbocycles. The maximum atomic E-state index is 12.1. The number of carbonyl (C=O) groups excluding carboxylic acids is 1. The maximum Gasteiger partial charge on any atom is 0.257 e. The Morgan fingerprint density at radius 3 is 2.67 bits per heavy atom. The summed E-state index contributed by atoms with van der Waals surface area (Å²) in [4.78, 5) is 14.6. The van der Waals surface area contributed by atoms with E-state index >= 15 is 0 Å². The smallest absolute Gasteiger partial charge is 0.257 e. The van der Waals surface area contributed by atoms with Crippen molar-refractivity contribution in [1.29, 1.82) is 5.26 Å². The highest BCUT2D eigenvalue weighted by molar-refractivity contribution is 5.77. The van der Waals surface area contributed by atoms with Gasteiger partial charge in [-0.2, -0.15) is 5.26 Å². The van der Waals surface area contributed by atoms with Crippen LogP contribution >= 0.6 is 0 Å². The average molecular weight is 363 g/mol. The van der Waals surface area contributed by atoms with Crippen LogP contribution in [0.4, 0.5) is 0 Å². The van der Waals surface area contributed by atoms with E-state index in [9.17, 15) is 4.79 Å². The summed E-state index contributed by atoms with van der Waals surface area (Å²) in [7, 11) is 0. The Morgan fingerprint density at radius 2 is 1.96 bits per heavy atom. The number of ether oxygens (including phenoxy) is 1. The number of carbonyl (C=O) groups is 1. The van der Waals surface area contributed by atoms with E-state index in [4.69, 9.17) is 10.00 Å². The number of nitrogens with zero attached hydrogens (tertiary/aromatic N) is 2. The Bertz CT molecular complexity index is 811. The number of hydrogen-bond donors (Lipinski definition) is 1. The minimum Gasteiger partial charge on any atom is -0.484 e. The average Bonchev–Trinajstić information content (AvgIpc) is 2.73. The summed E-state index contributed by atoms with van der Waals surface area (Å²) in [6, 6.07) is 17.7. The zero-order valence-electron chi connectivity index (χ0n) is 15.6. The molecule has 1 aliphatic heterocycles. The number of nitrogens with one attached hydrogen (secondary N) is 1. The fourth-order valence-corrected chi connectivity index (χ4v) is 3.42. The van der Waals surface area contributed by atoms with Gasteiger partial charge in [-0.15, -0.1) is 0 Å². The minimum atomic E-state index is -0.129. The van der Waals surface area contributed by atoms with Crippen LogP contribution in [-0.2, 0) is 17.8 Å². The first kappa shape index (κ1) is 18.9. The first-order valence-electron chi connectivity index (χ1n) is 9.40. The third-order valence-corrected chi connectivity index (χ3v) is 5.04. The maximum absolute atomic E-state index is 12.1.